The minimum atomic E-state index is -0.671. The van der Waals surface area contributed by atoms with Crippen molar-refractivity contribution in [3.8, 4) is 0 Å². The van der Waals surface area contributed by atoms with Crippen molar-refractivity contribution >= 4 is 23.1 Å². The number of nitro benzene ring substituents is 1. The van der Waals surface area contributed by atoms with Crippen molar-refractivity contribution in [1.82, 2.24) is 0 Å². The minimum absolute atomic E-state index is 0.00738. The van der Waals surface area contributed by atoms with Crippen LogP contribution in [0.3, 0.4) is 0 Å². The van der Waals surface area contributed by atoms with Gasteiger partial charge < -0.3 is 9.64 Å². The quantitative estimate of drug-likeness (QED) is 0.217. The first kappa shape index (κ1) is 20.4. The Morgan fingerprint density at radius 3 is 2.38 bits per heavy atom. The van der Waals surface area contributed by atoms with Crippen molar-refractivity contribution in [1.29, 1.82) is 0 Å². The van der Waals surface area contributed by atoms with Crippen LogP contribution in [0.2, 0.25) is 0 Å². The van der Waals surface area contributed by atoms with E-state index in [4.69, 9.17) is 4.74 Å². The molecule has 1 fully saturated rings. The Balaban J connectivity index is 1.55. The predicted molar refractivity (Wildman–Crippen MR) is 105 cm³/mol. The van der Waals surface area contributed by atoms with Crippen LogP contribution in [0, 0.1) is 15.9 Å². The standard InChI is InChI=1S/C21H21FN2O5/c22-17-8-5-15(6-9-17)20(25)4-3-13-29-21(26)16-7-10-18(19(14-16)24(27)28)23-11-1-2-12-23/h5-10,14H,1-4,11-13H2. The van der Waals surface area contributed by atoms with Gasteiger partial charge >= 0.3 is 5.97 Å². The number of anilines is 1. The highest BCUT2D eigenvalue weighted by molar-refractivity contribution is 5.96. The Morgan fingerprint density at radius 1 is 1.07 bits per heavy atom. The number of ketones is 1. The van der Waals surface area contributed by atoms with E-state index < -0.39 is 16.7 Å². The van der Waals surface area contributed by atoms with E-state index >= 15 is 0 Å². The molecule has 0 unspecified atom stereocenters. The van der Waals surface area contributed by atoms with Gasteiger partial charge in [-0.25, -0.2) is 9.18 Å². The van der Waals surface area contributed by atoms with Crippen LogP contribution >= 0.6 is 0 Å². The Morgan fingerprint density at radius 2 is 1.72 bits per heavy atom. The van der Waals surface area contributed by atoms with E-state index in [9.17, 15) is 24.1 Å². The second-order valence-corrected chi connectivity index (χ2v) is 6.82. The molecule has 2 aromatic carbocycles. The predicted octanol–water partition coefficient (Wildman–Crippen LogP) is 4.15. The van der Waals surface area contributed by atoms with Gasteiger partial charge in [-0.15, -0.1) is 0 Å². The molecule has 0 spiro atoms. The van der Waals surface area contributed by atoms with E-state index in [-0.39, 0.29) is 30.1 Å². The zero-order chi connectivity index (χ0) is 20.8. The maximum Gasteiger partial charge on any atom is 0.338 e. The van der Waals surface area contributed by atoms with Gasteiger partial charge in [-0.2, -0.15) is 0 Å². The lowest BCUT2D eigenvalue weighted by molar-refractivity contribution is -0.384. The molecule has 1 saturated heterocycles. The number of esters is 1. The lowest BCUT2D eigenvalue weighted by Gasteiger charge is -2.17. The highest BCUT2D eigenvalue weighted by atomic mass is 19.1. The first-order valence-electron chi connectivity index (χ1n) is 9.45. The van der Waals surface area contributed by atoms with Gasteiger partial charge in [-0.05, 0) is 55.7 Å². The molecule has 0 aliphatic carbocycles. The Labute approximate surface area is 167 Å². The van der Waals surface area contributed by atoms with Gasteiger partial charge in [0.2, 0.25) is 0 Å². The molecule has 0 amide bonds. The number of halogens is 1. The molecule has 7 nitrogen and oxygen atoms in total. The number of rotatable bonds is 8. The molecule has 8 heteroatoms. The number of Topliss-reactive ketones (excluding diaryl/α,β-unsaturated/α-hetero) is 1. The van der Waals surface area contributed by atoms with Crippen LogP contribution in [-0.4, -0.2) is 36.4 Å². The second-order valence-electron chi connectivity index (χ2n) is 6.82. The molecule has 0 N–H and O–H groups in total. The number of benzene rings is 2. The number of carbonyl (C=O) groups excluding carboxylic acids is 2. The number of hydrogen-bond acceptors (Lipinski definition) is 6. The largest absolute Gasteiger partial charge is 0.462 e. The van der Waals surface area contributed by atoms with Crippen LogP contribution in [0.4, 0.5) is 15.8 Å². The lowest BCUT2D eigenvalue weighted by Crippen LogP contribution is -2.19. The SMILES string of the molecule is O=C(CCCOC(=O)c1ccc(N2CCCC2)c([N+](=O)[O-])c1)c1ccc(F)cc1. The van der Waals surface area contributed by atoms with Crippen molar-refractivity contribution in [3.63, 3.8) is 0 Å². The minimum Gasteiger partial charge on any atom is -0.462 e. The summed E-state index contributed by atoms with van der Waals surface area (Å²) in [7, 11) is 0. The molecule has 0 aromatic heterocycles. The van der Waals surface area contributed by atoms with Gasteiger partial charge in [-0.1, -0.05) is 0 Å². The van der Waals surface area contributed by atoms with Crippen molar-refractivity contribution in [2.45, 2.75) is 25.7 Å². The monoisotopic (exact) mass is 400 g/mol. The van der Waals surface area contributed by atoms with Gasteiger partial charge in [-0.3, -0.25) is 14.9 Å². The van der Waals surface area contributed by atoms with E-state index in [1.165, 1.54) is 36.4 Å². The third-order valence-corrected chi connectivity index (χ3v) is 4.80. The summed E-state index contributed by atoms with van der Waals surface area (Å²) in [5, 5.41) is 11.4. The van der Waals surface area contributed by atoms with Crippen molar-refractivity contribution in [3.05, 3.63) is 69.5 Å². The Bertz CT molecular complexity index is 908. The van der Waals surface area contributed by atoms with Crippen molar-refractivity contribution in [2.75, 3.05) is 24.6 Å². The topological polar surface area (TPSA) is 89.8 Å². The highest BCUT2D eigenvalue weighted by Gasteiger charge is 2.24. The number of ether oxygens (including phenoxy) is 1. The van der Waals surface area contributed by atoms with Gasteiger partial charge in [0.1, 0.15) is 11.5 Å². The molecule has 0 atom stereocenters. The van der Waals surface area contributed by atoms with E-state index in [1.807, 2.05) is 4.90 Å². The van der Waals surface area contributed by atoms with Crippen LogP contribution in [0.1, 0.15) is 46.4 Å². The van der Waals surface area contributed by atoms with Gasteiger partial charge in [0.25, 0.3) is 5.69 Å². The summed E-state index contributed by atoms with van der Waals surface area (Å²) < 4.78 is 18.0. The first-order valence-corrected chi connectivity index (χ1v) is 9.45. The zero-order valence-corrected chi connectivity index (χ0v) is 15.8. The number of hydrogen-bond donors (Lipinski definition) is 0. The summed E-state index contributed by atoms with van der Waals surface area (Å²) >= 11 is 0. The molecular formula is C21H21FN2O5. The average Bonchev–Trinajstić information content (AvgIpc) is 3.25. The van der Waals surface area contributed by atoms with Crippen molar-refractivity contribution < 1.29 is 23.6 Å². The Hall–Kier alpha value is -3.29. The van der Waals surface area contributed by atoms with E-state index in [0.717, 1.165) is 25.9 Å². The molecule has 3 rings (SSSR count). The fraction of sp³-hybridized carbons (Fsp3) is 0.333. The van der Waals surface area contributed by atoms with Crippen LogP contribution in [0.15, 0.2) is 42.5 Å². The van der Waals surface area contributed by atoms with E-state index in [0.29, 0.717) is 17.7 Å². The molecular weight excluding hydrogens is 379 g/mol. The summed E-state index contributed by atoms with van der Waals surface area (Å²) in [6, 6.07) is 9.58. The molecule has 0 bridgehead atoms. The Kier molecular flexibility index (Phi) is 6.54. The lowest BCUT2D eigenvalue weighted by atomic mass is 10.1. The third-order valence-electron chi connectivity index (χ3n) is 4.80. The molecule has 0 radical (unpaired) electrons. The van der Waals surface area contributed by atoms with E-state index in [1.54, 1.807) is 6.07 Å². The average molecular weight is 400 g/mol. The zero-order valence-electron chi connectivity index (χ0n) is 15.8. The number of nitro groups is 1. The highest BCUT2D eigenvalue weighted by Crippen LogP contribution is 2.31. The molecule has 1 aliphatic heterocycles. The van der Waals surface area contributed by atoms with E-state index in [2.05, 4.69) is 0 Å². The smallest absolute Gasteiger partial charge is 0.338 e. The molecule has 29 heavy (non-hydrogen) atoms. The summed E-state index contributed by atoms with van der Waals surface area (Å²) in [5.74, 6) is -1.26. The first-order chi connectivity index (χ1) is 14.0. The summed E-state index contributed by atoms with van der Waals surface area (Å²) in [5.41, 5.74) is 0.886. The molecule has 1 heterocycles. The van der Waals surface area contributed by atoms with Crippen molar-refractivity contribution in [2.24, 2.45) is 0 Å². The van der Waals surface area contributed by atoms with Gasteiger partial charge in [0.15, 0.2) is 5.78 Å². The fourth-order valence-corrected chi connectivity index (χ4v) is 3.28. The van der Waals surface area contributed by atoms with Crippen LogP contribution in [0.5, 0.6) is 0 Å². The summed E-state index contributed by atoms with van der Waals surface area (Å²) in [6.07, 6.45) is 2.41. The van der Waals surface area contributed by atoms with Gasteiger partial charge in [0.05, 0.1) is 17.1 Å². The normalized spacial score (nSPS) is 13.3. The maximum absolute atomic E-state index is 12.9. The summed E-state index contributed by atoms with van der Waals surface area (Å²) in [6.45, 7) is 1.52. The number of carbonyl (C=O) groups is 2. The summed E-state index contributed by atoms with van der Waals surface area (Å²) in [4.78, 5) is 37.1. The molecule has 1 aliphatic rings. The van der Waals surface area contributed by atoms with Gasteiger partial charge in [0, 0.05) is 31.1 Å². The van der Waals surface area contributed by atoms with Crippen LogP contribution in [0.25, 0.3) is 0 Å². The fourth-order valence-electron chi connectivity index (χ4n) is 3.28. The second kappa shape index (κ2) is 9.27. The van der Waals surface area contributed by atoms with Crippen LogP contribution in [-0.2, 0) is 4.74 Å². The number of nitrogens with zero attached hydrogens (tertiary/aromatic N) is 2. The molecule has 2 aromatic rings. The molecule has 152 valence electrons. The third kappa shape index (κ3) is 5.16. The molecule has 0 saturated carbocycles. The van der Waals surface area contributed by atoms with Crippen LogP contribution < -0.4 is 4.90 Å². The maximum atomic E-state index is 12.9.